The van der Waals surface area contributed by atoms with Gasteiger partial charge in [-0.15, -0.1) is 5.10 Å². The third kappa shape index (κ3) is 5.24. The van der Waals surface area contributed by atoms with Gasteiger partial charge >= 0.3 is 5.97 Å². The second-order valence-electron chi connectivity index (χ2n) is 8.57. The van der Waals surface area contributed by atoms with Crippen LogP contribution in [0.15, 0.2) is 95.3 Å². The molecule has 8 heteroatoms. The van der Waals surface area contributed by atoms with Crippen LogP contribution in [0.25, 0.3) is 11.1 Å². The highest BCUT2D eigenvalue weighted by Gasteiger charge is 2.35. The first kappa shape index (κ1) is 24.6. The minimum atomic E-state index is -0.465. The van der Waals surface area contributed by atoms with E-state index in [4.69, 9.17) is 19.6 Å². The Labute approximate surface area is 220 Å². The van der Waals surface area contributed by atoms with Crippen LogP contribution < -0.4 is 10.1 Å². The largest absolute Gasteiger partial charge is 0.497 e. The molecule has 0 bridgehead atoms. The van der Waals surface area contributed by atoms with Gasteiger partial charge in [-0.3, -0.25) is 0 Å². The van der Waals surface area contributed by atoms with Crippen molar-refractivity contribution >= 4 is 23.7 Å². The molecule has 0 unspecified atom stereocenters. The minimum Gasteiger partial charge on any atom is -0.497 e. The van der Waals surface area contributed by atoms with Crippen LogP contribution in [-0.4, -0.2) is 34.5 Å². The molecule has 1 N–H and O–H groups in total. The molecule has 0 saturated carbocycles. The van der Waals surface area contributed by atoms with Crippen LogP contribution in [0.2, 0.25) is 0 Å². The monoisotopic (exact) mass is 512 g/mol. The number of hydrogen-bond acceptors (Lipinski definition) is 7. The van der Waals surface area contributed by atoms with E-state index in [0.29, 0.717) is 29.0 Å². The fourth-order valence-electron chi connectivity index (χ4n) is 4.33. The summed E-state index contributed by atoms with van der Waals surface area (Å²) < 4.78 is 12.5. The van der Waals surface area contributed by atoms with Crippen molar-refractivity contribution in [2.75, 3.05) is 19.0 Å². The summed E-state index contributed by atoms with van der Waals surface area (Å²) in [7, 11) is 1.63. The Hall–Kier alpha value is -4.04. The van der Waals surface area contributed by atoms with Crippen molar-refractivity contribution in [1.82, 2.24) is 14.8 Å². The number of allylic oxidation sites excluding steroid dienone is 1. The summed E-state index contributed by atoms with van der Waals surface area (Å²) in [5, 5.41) is 8.67. The van der Waals surface area contributed by atoms with Crippen molar-refractivity contribution in [1.29, 1.82) is 0 Å². The molecule has 3 aromatic carbocycles. The smallest absolute Gasteiger partial charge is 0.338 e. The van der Waals surface area contributed by atoms with E-state index in [2.05, 4.69) is 41.7 Å². The topological polar surface area (TPSA) is 78.3 Å². The van der Waals surface area contributed by atoms with Crippen LogP contribution in [0, 0.1) is 0 Å². The standard InChI is InChI=1S/C29H28N4O3S/c1-4-36-27(34)25-19(2)30-28-31-29(32-33(28)26(25)23-14-16-24(35-3)17-15-23)37-18-20-10-12-22(13-11-20)21-8-6-5-7-9-21/h5-17,26H,4,18H2,1-3H3,(H,30,31,32)/t26-/m0/s1. The SMILES string of the molecule is CCOC(=O)C1=C(C)Nc2nc(SCc3ccc(-c4ccccc4)cc3)nn2[C@H]1c1ccc(OC)cc1. The van der Waals surface area contributed by atoms with Crippen LogP contribution in [0.1, 0.15) is 31.0 Å². The fourth-order valence-corrected chi connectivity index (χ4v) is 5.12. The first-order valence-corrected chi connectivity index (χ1v) is 13.1. The van der Waals surface area contributed by atoms with Crippen LogP contribution >= 0.6 is 11.8 Å². The number of methoxy groups -OCH3 is 1. The molecule has 1 aliphatic heterocycles. The summed E-state index contributed by atoms with van der Waals surface area (Å²) >= 11 is 1.56. The lowest BCUT2D eigenvalue weighted by Crippen LogP contribution is -2.29. The number of hydrogen-bond donors (Lipinski definition) is 1. The molecule has 37 heavy (non-hydrogen) atoms. The summed E-state index contributed by atoms with van der Waals surface area (Å²) in [4.78, 5) is 17.7. The highest BCUT2D eigenvalue weighted by molar-refractivity contribution is 7.98. The summed E-state index contributed by atoms with van der Waals surface area (Å²) in [6, 6.07) is 26.0. The maximum Gasteiger partial charge on any atom is 0.338 e. The molecule has 2 heterocycles. The number of carbonyl (C=O) groups excluding carboxylic acids is 1. The van der Waals surface area contributed by atoms with Gasteiger partial charge in [-0.2, -0.15) is 4.98 Å². The zero-order valence-electron chi connectivity index (χ0n) is 21.0. The van der Waals surface area contributed by atoms with E-state index in [-0.39, 0.29) is 5.97 Å². The van der Waals surface area contributed by atoms with Crippen molar-refractivity contribution < 1.29 is 14.3 Å². The molecule has 0 spiro atoms. The maximum absolute atomic E-state index is 13.0. The zero-order valence-corrected chi connectivity index (χ0v) is 21.8. The van der Waals surface area contributed by atoms with E-state index in [1.165, 1.54) is 16.7 Å². The van der Waals surface area contributed by atoms with Gasteiger partial charge in [-0.05, 0) is 48.2 Å². The minimum absolute atomic E-state index is 0.291. The molecule has 4 aromatic rings. The van der Waals surface area contributed by atoms with E-state index < -0.39 is 6.04 Å². The van der Waals surface area contributed by atoms with Gasteiger partial charge in [0.1, 0.15) is 11.8 Å². The summed E-state index contributed by atoms with van der Waals surface area (Å²) in [5.41, 5.74) is 5.66. The molecule has 0 aliphatic carbocycles. The third-order valence-electron chi connectivity index (χ3n) is 6.19. The lowest BCUT2D eigenvalue weighted by atomic mass is 9.96. The van der Waals surface area contributed by atoms with Gasteiger partial charge in [-0.25, -0.2) is 9.48 Å². The lowest BCUT2D eigenvalue weighted by molar-refractivity contribution is -0.139. The molecule has 0 radical (unpaired) electrons. The van der Waals surface area contributed by atoms with Gasteiger partial charge in [0, 0.05) is 11.4 Å². The van der Waals surface area contributed by atoms with Crippen molar-refractivity contribution in [2.24, 2.45) is 0 Å². The second-order valence-corrected chi connectivity index (χ2v) is 9.52. The second kappa shape index (κ2) is 10.9. The molecule has 0 saturated heterocycles. The Kier molecular flexibility index (Phi) is 7.28. The number of aromatic nitrogens is 3. The molecule has 1 aliphatic rings. The maximum atomic E-state index is 13.0. The molecule has 0 fully saturated rings. The van der Waals surface area contributed by atoms with E-state index in [0.717, 1.165) is 17.1 Å². The molecule has 0 amide bonds. The predicted octanol–water partition coefficient (Wildman–Crippen LogP) is 6.10. The van der Waals surface area contributed by atoms with Crippen molar-refractivity contribution in [3.05, 3.63) is 101 Å². The van der Waals surface area contributed by atoms with Gasteiger partial charge in [-0.1, -0.05) is 78.5 Å². The Bertz CT molecular complexity index is 1410. The van der Waals surface area contributed by atoms with Crippen LogP contribution in [0.4, 0.5) is 5.95 Å². The molecule has 188 valence electrons. The van der Waals surface area contributed by atoms with Gasteiger partial charge in [0.15, 0.2) is 0 Å². The van der Waals surface area contributed by atoms with Crippen molar-refractivity contribution in [2.45, 2.75) is 30.8 Å². The van der Waals surface area contributed by atoms with Crippen LogP contribution in [0.3, 0.4) is 0 Å². The molecule has 5 rings (SSSR count). The Morgan fingerprint density at radius 3 is 2.38 bits per heavy atom. The molecule has 7 nitrogen and oxygen atoms in total. The van der Waals surface area contributed by atoms with Gasteiger partial charge in [0.2, 0.25) is 11.1 Å². The number of fused-ring (bicyclic) bond motifs is 1. The average Bonchev–Trinajstić information content (AvgIpc) is 3.34. The Morgan fingerprint density at radius 2 is 1.70 bits per heavy atom. The van der Waals surface area contributed by atoms with Gasteiger partial charge in [0.05, 0.1) is 19.3 Å². The number of nitrogens with zero attached hydrogens (tertiary/aromatic N) is 3. The van der Waals surface area contributed by atoms with E-state index >= 15 is 0 Å². The lowest BCUT2D eigenvalue weighted by Gasteiger charge is -2.28. The summed E-state index contributed by atoms with van der Waals surface area (Å²) in [6.07, 6.45) is 0. The number of nitrogens with one attached hydrogen (secondary N) is 1. The Morgan fingerprint density at radius 1 is 1.00 bits per heavy atom. The van der Waals surface area contributed by atoms with E-state index in [1.54, 1.807) is 30.5 Å². The van der Waals surface area contributed by atoms with Crippen LogP contribution in [0.5, 0.6) is 5.75 Å². The number of carbonyl (C=O) groups is 1. The molecule has 1 atom stereocenters. The Balaban J connectivity index is 1.39. The first-order chi connectivity index (χ1) is 18.1. The highest BCUT2D eigenvalue weighted by atomic mass is 32.2. The normalized spacial score (nSPS) is 14.6. The molecular weight excluding hydrogens is 484 g/mol. The predicted molar refractivity (Wildman–Crippen MR) is 146 cm³/mol. The summed E-state index contributed by atoms with van der Waals surface area (Å²) in [5.74, 6) is 1.68. The molecule has 1 aromatic heterocycles. The number of ether oxygens (including phenoxy) is 2. The third-order valence-corrected chi connectivity index (χ3v) is 7.10. The molecular formula is C29H28N4O3S. The van der Waals surface area contributed by atoms with Crippen LogP contribution in [-0.2, 0) is 15.3 Å². The number of thioether (sulfide) groups is 1. The van der Waals surface area contributed by atoms with Crippen molar-refractivity contribution in [3.63, 3.8) is 0 Å². The summed E-state index contributed by atoms with van der Waals surface area (Å²) in [6.45, 7) is 3.95. The van der Waals surface area contributed by atoms with Crippen molar-refractivity contribution in [3.8, 4) is 16.9 Å². The van der Waals surface area contributed by atoms with Gasteiger partial charge < -0.3 is 14.8 Å². The number of benzene rings is 3. The number of rotatable bonds is 8. The zero-order chi connectivity index (χ0) is 25.8. The van der Waals surface area contributed by atoms with E-state index in [1.807, 2.05) is 49.4 Å². The first-order valence-electron chi connectivity index (χ1n) is 12.1. The quantitative estimate of drug-likeness (QED) is 0.226. The van der Waals surface area contributed by atoms with Gasteiger partial charge in [0.25, 0.3) is 0 Å². The van der Waals surface area contributed by atoms with E-state index in [9.17, 15) is 4.79 Å². The number of anilines is 1. The highest BCUT2D eigenvalue weighted by Crippen LogP contribution is 2.37. The fraction of sp³-hybridized carbons (Fsp3) is 0.207. The number of esters is 1. The average molecular weight is 513 g/mol.